The summed E-state index contributed by atoms with van der Waals surface area (Å²) in [6, 6.07) is 10.3. The van der Waals surface area contributed by atoms with Crippen molar-refractivity contribution < 1.29 is 22.7 Å². The zero-order valence-corrected chi connectivity index (χ0v) is 24.9. The van der Waals surface area contributed by atoms with Crippen molar-refractivity contribution in [2.75, 3.05) is 45.8 Å². The Labute approximate surface area is 250 Å². The number of piperazine rings is 1. The fourth-order valence-electron chi connectivity index (χ4n) is 5.25. The lowest BCUT2D eigenvalue weighted by Gasteiger charge is -2.43. The van der Waals surface area contributed by atoms with Crippen LogP contribution in [-0.2, 0) is 17.3 Å². The second-order valence-electron chi connectivity index (χ2n) is 10.0. The van der Waals surface area contributed by atoms with Crippen molar-refractivity contribution in [2.45, 2.75) is 44.7 Å². The molecule has 0 saturated carbocycles. The zero-order chi connectivity index (χ0) is 26.7. The highest BCUT2D eigenvalue weighted by molar-refractivity contribution is 6.31. The number of ether oxygens (including phenoxy) is 1. The Bertz CT molecular complexity index is 1080. The van der Waals surface area contributed by atoms with E-state index in [0.29, 0.717) is 31.1 Å². The smallest absolute Gasteiger partial charge is 0.373 e. The Hall–Kier alpha value is -1.26. The third-order valence-corrected chi connectivity index (χ3v) is 7.38. The van der Waals surface area contributed by atoms with Crippen molar-refractivity contribution in [1.82, 2.24) is 14.7 Å². The molecule has 2 aliphatic rings. The summed E-state index contributed by atoms with van der Waals surface area (Å²) in [4.78, 5) is 19.9. The van der Waals surface area contributed by atoms with Crippen LogP contribution in [-0.4, -0.2) is 84.7 Å². The van der Waals surface area contributed by atoms with Gasteiger partial charge in [0.15, 0.2) is 0 Å². The van der Waals surface area contributed by atoms with Crippen LogP contribution >= 0.6 is 48.0 Å². The predicted molar refractivity (Wildman–Crippen MR) is 154 cm³/mol. The monoisotopic (exact) mass is 629 g/mol. The van der Waals surface area contributed by atoms with Crippen LogP contribution in [0.25, 0.3) is 0 Å². The van der Waals surface area contributed by atoms with Crippen LogP contribution in [0.2, 0.25) is 10.0 Å². The standard InChI is InChI=1S/C27H32Cl2F3N3O2.2ClH/c1-18-15-34(16-19(2)37-18)8-7-33-9-10-35(25(17-33)11-20-3-5-23(28)6-4-20)26(36)21-12-22(27(30,31)32)14-24(29)13-21;;/h3-6,12-14,18-19,25H,7-11,15-17H2,1-2H3;2*1H/t18?,19?,25-;;/m1../s1. The Kier molecular flexibility index (Phi) is 12.7. The molecule has 2 saturated heterocycles. The van der Waals surface area contributed by atoms with Gasteiger partial charge in [-0.05, 0) is 56.2 Å². The minimum Gasteiger partial charge on any atom is -0.373 e. The van der Waals surface area contributed by atoms with E-state index in [1.807, 2.05) is 12.1 Å². The van der Waals surface area contributed by atoms with Gasteiger partial charge in [-0.1, -0.05) is 35.3 Å². The molecular formula is C27H34Cl4F3N3O2. The molecule has 1 amide bonds. The van der Waals surface area contributed by atoms with Gasteiger partial charge in [0.2, 0.25) is 0 Å². The molecule has 3 atom stereocenters. The first kappa shape index (κ1) is 33.9. The fourth-order valence-corrected chi connectivity index (χ4v) is 5.61. The number of halogens is 7. The molecule has 2 unspecified atom stereocenters. The van der Waals surface area contributed by atoms with Gasteiger partial charge in [-0.15, -0.1) is 24.8 Å². The number of hydrogen-bond donors (Lipinski definition) is 0. The normalized spacial score (nSPS) is 22.6. The molecular weight excluding hydrogens is 597 g/mol. The maximum atomic E-state index is 13.5. The summed E-state index contributed by atoms with van der Waals surface area (Å²) in [5.74, 6) is -0.442. The van der Waals surface area contributed by atoms with E-state index in [9.17, 15) is 18.0 Å². The van der Waals surface area contributed by atoms with E-state index in [1.54, 1.807) is 17.0 Å². The summed E-state index contributed by atoms with van der Waals surface area (Å²) in [6.45, 7) is 9.34. The van der Waals surface area contributed by atoms with Gasteiger partial charge < -0.3 is 9.64 Å². The molecule has 12 heteroatoms. The number of benzene rings is 2. The van der Waals surface area contributed by atoms with Crippen molar-refractivity contribution in [3.8, 4) is 0 Å². The van der Waals surface area contributed by atoms with Gasteiger partial charge in [0.05, 0.1) is 17.8 Å². The van der Waals surface area contributed by atoms with Crippen LogP contribution in [0.15, 0.2) is 42.5 Å². The number of hydrogen-bond acceptors (Lipinski definition) is 4. The Morgan fingerprint density at radius 3 is 2.13 bits per heavy atom. The third kappa shape index (κ3) is 9.38. The second kappa shape index (κ2) is 14.6. The van der Waals surface area contributed by atoms with Crippen LogP contribution in [0.1, 0.15) is 35.3 Å². The van der Waals surface area contributed by atoms with E-state index in [0.717, 1.165) is 43.9 Å². The van der Waals surface area contributed by atoms with Crippen LogP contribution in [0.4, 0.5) is 13.2 Å². The number of rotatable bonds is 6. The highest BCUT2D eigenvalue weighted by Crippen LogP contribution is 2.32. The lowest BCUT2D eigenvalue weighted by atomic mass is 10.00. The highest BCUT2D eigenvalue weighted by atomic mass is 35.5. The summed E-state index contributed by atoms with van der Waals surface area (Å²) >= 11 is 12.0. The number of alkyl halides is 3. The Balaban J connectivity index is 0.00000267. The molecule has 2 aromatic rings. The van der Waals surface area contributed by atoms with Crippen LogP contribution in [0, 0.1) is 0 Å². The van der Waals surface area contributed by atoms with Crippen molar-refractivity contribution >= 4 is 53.9 Å². The average Bonchev–Trinajstić information content (AvgIpc) is 2.82. The lowest BCUT2D eigenvalue weighted by Crippen LogP contribution is -2.57. The molecule has 218 valence electrons. The summed E-state index contributed by atoms with van der Waals surface area (Å²) in [5, 5.41) is 0.509. The van der Waals surface area contributed by atoms with Gasteiger partial charge in [-0.2, -0.15) is 13.2 Å². The first-order valence-corrected chi connectivity index (χ1v) is 13.3. The van der Waals surface area contributed by atoms with Crippen molar-refractivity contribution in [3.05, 3.63) is 69.2 Å². The van der Waals surface area contributed by atoms with E-state index in [1.165, 1.54) is 6.07 Å². The lowest BCUT2D eigenvalue weighted by molar-refractivity contribution is -0.137. The zero-order valence-electron chi connectivity index (χ0n) is 21.8. The van der Waals surface area contributed by atoms with Gasteiger partial charge in [0, 0.05) is 67.5 Å². The molecule has 2 fully saturated rings. The number of carbonyl (C=O) groups excluding carboxylic acids is 1. The molecule has 2 aliphatic heterocycles. The van der Waals surface area contributed by atoms with E-state index in [4.69, 9.17) is 27.9 Å². The van der Waals surface area contributed by atoms with E-state index in [2.05, 4.69) is 23.6 Å². The Morgan fingerprint density at radius 1 is 0.897 bits per heavy atom. The molecule has 0 spiro atoms. The second-order valence-corrected chi connectivity index (χ2v) is 10.9. The summed E-state index contributed by atoms with van der Waals surface area (Å²) in [5.41, 5.74) is 0.0304. The average molecular weight is 631 g/mol. The molecule has 0 radical (unpaired) electrons. The minimum absolute atomic E-state index is 0. The van der Waals surface area contributed by atoms with E-state index >= 15 is 0 Å². The molecule has 2 aromatic carbocycles. The third-order valence-electron chi connectivity index (χ3n) is 6.91. The molecule has 2 heterocycles. The van der Waals surface area contributed by atoms with Crippen molar-refractivity contribution in [3.63, 3.8) is 0 Å². The van der Waals surface area contributed by atoms with Crippen molar-refractivity contribution in [1.29, 1.82) is 0 Å². The largest absolute Gasteiger partial charge is 0.416 e. The molecule has 0 aromatic heterocycles. The van der Waals surface area contributed by atoms with Crippen LogP contribution in [0.3, 0.4) is 0 Å². The maximum absolute atomic E-state index is 13.5. The summed E-state index contributed by atoms with van der Waals surface area (Å²) in [6.07, 6.45) is -3.64. The Morgan fingerprint density at radius 2 is 1.51 bits per heavy atom. The molecule has 0 aliphatic carbocycles. The predicted octanol–water partition coefficient (Wildman–Crippen LogP) is 6.33. The molecule has 0 N–H and O–H groups in total. The first-order chi connectivity index (χ1) is 17.5. The number of nitrogens with zero attached hydrogens (tertiary/aromatic N) is 3. The highest BCUT2D eigenvalue weighted by Gasteiger charge is 2.35. The maximum Gasteiger partial charge on any atom is 0.416 e. The summed E-state index contributed by atoms with van der Waals surface area (Å²) in [7, 11) is 0. The quantitative estimate of drug-likeness (QED) is 0.374. The van der Waals surface area contributed by atoms with Crippen molar-refractivity contribution in [2.24, 2.45) is 0 Å². The van der Waals surface area contributed by atoms with Gasteiger partial charge in [-0.25, -0.2) is 0 Å². The van der Waals surface area contributed by atoms with E-state index < -0.39 is 17.6 Å². The van der Waals surface area contributed by atoms with Gasteiger partial charge in [-0.3, -0.25) is 14.6 Å². The van der Waals surface area contributed by atoms with Gasteiger partial charge >= 0.3 is 6.18 Å². The molecule has 4 rings (SSSR count). The number of carbonyl (C=O) groups is 1. The van der Waals surface area contributed by atoms with E-state index in [-0.39, 0.29) is 53.6 Å². The molecule has 0 bridgehead atoms. The van der Waals surface area contributed by atoms with Crippen LogP contribution < -0.4 is 0 Å². The SMILES string of the molecule is CC1CN(CCN2CCN(C(=O)c3cc(Cl)cc(C(F)(F)F)c3)[C@H](Cc3ccc(Cl)cc3)C2)CC(C)O1.Cl.Cl. The first-order valence-electron chi connectivity index (χ1n) is 12.5. The fraction of sp³-hybridized carbons (Fsp3) is 0.519. The number of amides is 1. The van der Waals surface area contributed by atoms with Gasteiger partial charge in [0.1, 0.15) is 0 Å². The topological polar surface area (TPSA) is 36.0 Å². The number of morpholine rings is 1. The molecule has 5 nitrogen and oxygen atoms in total. The molecule has 39 heavy (non-hydrogen) atoms. The summed E-state index contributed by atoms with van der Waals surface area (Å²) < 4.78 is 46.0. The van der Waals surface area contributed by atoms with Gasteiger partial charge in [0.25, 0.3) is 5.91 Å². The van der Waals surface area contributed by atoms with Crippen LogP contribution in [0.5, 0.6) is 0 Å². The minimum atomic E-state index is -4.59.